The summed E-state index contributed by atoms with van der Waals surface area (Å²) in [5.74, 6) is 0.431. The Morgan fingerprint density at radius 1 is 0.921 bits per heavy atom. The maximum absolute atomic E-state index is 12.9. The van der Waals surface area contributed by atoms with Gasteiger partial charge in [0.25, 0.3) is 11.1 Å². The smallest absolute Gasteiger partial charge is 0.277 e. The van der Waals surface area contributed by atoms with Crippen LogP contribution in [-0.4, -0.2) is 58.8 Å². The molecule has 0 unspecified atom stereocenters. The number of thioether (sulfide) groups is 1. The Morgan fingerprint density at radius 3 is 2.42 bits per heavy atom. The SMILES string of the molecule is O=C(CSc1nnc(-c2cccc(Br)c2)o1)Nc1ccc(N2CCN(C(=O)c3ccccc3Br)CC2)cc1. The number of halogens is 2. The first-order valence-corrected chi connectivity index (χ1v) is 14.4. The summed E-state index contributed by atoms with van der Waals surface area (Å²) in [5, 5.41) is 11.3. The lowest BCUT2D eigenvalue weighted by Crippen LogP contribution is -2.48. The van der Waals surface area contributed by atoms with E-state index in [1.807, 2.05) is 77.7 Å². The van der Waals surface area contributed by atoms with Gasteiger partial charge in [-0.25, -0.2) is 0 Å². The van der Waals surface area contributed by atoms with E-state index < -0.39 is 0 Å². The number of benzene rings is 3. The maximum Gasteiger partial charge on any atom is 0.277 e. The molecule has 2 amide bonds. The maximum atomic E-state index is 12.9. The summed E-state index contributed by atoms with van der Waals surface area (Å²) < 4.78 is 7.40. The molecule has 1 saturated heterocycles. The fourth-order valence-electron chi connectivity index (χ4n) is 4.06. The molecule has 4 aromatic rings. The van der Waals surface area contributed by atoms with Gasteiger partial charge >= 0.3 is 0 Å². The largest absolute Gasteiger partial charge is 0.411 e. The van der Waals surface area contributed by atoms with Crippen molar-refractivity contribution in [1.82, 2.24) is 15.1 Å². The van der Waals surface area contributed by atoms with Crippen molar-refractivity contribution < 1.29 is 14.0 Å². The summed E-state index contributed by atoms with van der Waals surface area (Å²) in [6, 6.07) is 22.8. The first-order chi connectivity index (χ1) is 18.5. The van der Waals surface area contributed by atoms with Gasteiger partial charge < -0.3 is 19.5 Å². The molecule has 1 fully saturated rings. The quantitative estimate of drug-likeness (QED) is 0.246. The highest BCUT2D eigenvalue weighted by Crippen LogP contribution is 2.26. The van der Waals surface area contributed by atoms with Crippen LogP contribution in [0.5, 0.6) is 0 Å². The Bertz CT molecular complexity index is 1440. The van der Waals surface area contributed by atoms with E-state index in [0.717, 1.165) is 33.3 Å². The molecule has 194 valence electrons. The molecule has 0 atom stereocenters. The standard InChI is InChI=1S/C27H23Br2N5O3S/c28-19-5-3-4-18(16-19)25-31-32-27(37-25)38-17-24(35)30-20-8-10-21(11-9-20)33-12-14-34(15-13-33)26(36)22-6-1-2-7-23(22)29/h1-11,16H,12-15,17H2,(H,30,35). The Morgan fingerprint density at radius 2 is 1.68 bits per heavy atom. The molecule has 1 aromatic heterocycles. The molecule has 1 N–H and O–H groups in total. The number of rotatable bonds is 7. The molecule has 1 aliphatic rings. The zero-order valence-electron chi connectivity index (χ0n) is 20.1. The van der Waals surface area contributed by atoms with Crippen LogP contribution >= 0.6 is 43.6 Å². The summed E-state index contributed by atoms with van der Waals surface area (Å²) in [4.78, 5) is 29.4. The molecule has 0 bridgehead atoms. The first kappa shape index (κ1) is 26.5. The lowest BCUT2D eigenvalue weighted by Gasteiger charge is -2.36. The van der Waals surface area contributed by atoms with E-state index >= 15 is 0 Å². The molecule has 0 saturated carbocycles. The second-order valence-corrected chi connectivity index (χ2v) is 11.2. The van der Waals surface area contributed by atoms with Gasteiger partial charge in [0, 0.05) is 52.1 Å². The molecule has 0 radical (unpaired) electrons. The summed E-state index contributed by atoms with van der Waals surface area (Å²) in [7, 11) is 0. The minimum Gasteiger partial charge on any atom is -0.411 e. The topological polar surface area (TPSA) is 91.6 Å². The number of piperazine rings is 1. The van der Waals surface area contributed by atoms with Crippen LogP contribution in [0.3, 0.4) is 0 Å². The van der Waals surface area contributed by atoms with E-state index in [1.165, 1.54) is 11.8 Å². The first-order valence-electron chi connectivity index (χ1n) is 11.9. The third kappa shape index (κ3) is 6.46. The van der Waals surface area contributed by atoms with Crippen molar-refractivity contribution in [3.8, 4) is 11.5 Å². The fourth-order valence-corrected chi connectivity index (χ4v) is 5.48. The highest BCUT2D eigenvalue weighted by atomic mass is 79.9. The average Bonchev–Trinajstić information content (AvgIpc) is 3.42. The highest BCUT2D eigenvalue weighted by molar-refractivity contribution is 9.10. The van der Waals surface area contributed by atoms with Gasteiger partial charge in [-0.2, -0.15) is 0 Å². The van der Waals surface area contributed by atoms with E-state index in [9.17, 15) is 9.59 Å². The Balaban J connectivity index is 1.09. The van der Waals surface area contributed by atoms with Gasteiger partial charge in [-0.1, -0.05) is 45.9 Å². The van der Waals surface area contributed by atoms with Crippen LogP contribution in [0.2, 0.25) is 0 Å². The zero-order valence-corrected chi connectivity index (χ0v) is 24.1. The summed E-state index contributed by atoms with van der Waals surface area (Å²) >= 11 is 8.08. The molecule has 0 spiro atoms. The number of anilines is 2. The predicted octanol–water partition coefficient (Wildman–Crippen LogP) is 5.95. The highest BCUT2D eigenvalue weighted by Gasteiger charge is 2.23. The number of amides is 2. The van der Waals surface area contributed by atoms with Crippen LogP contribution in [0.15, 0.2) is 91.4 Å². The normalized spacial score (nSPS) is 13.4. The average molecular weight is 657 g/mol. The Hall–Kier alpha value is -3.15. The Labute approximate surface area is 241 Å². The van der Waals surface area contributed by atoms with Gasteiger partial charge in [0.2, 0.25) is 11.8 Å². The van der Waals surface area contributed by atoms with Crippen molar-refractivity contribution in [2.75, 3.05) is 42.1 Å². The van der Waals surface area contributed by atoms with Crippen molar-refractivity contribution in [3.63, 3.8) is 0 Å². The summed E-state index contributed by atoms with van der Waals surface area (Å²) in [5.41, 5.74) is 3.25. The van der Waals surface area contributed by atoms with Crippen LogP contribution in [0, 0.1) is 0 Å². The molecular formula is C27H23Br2N5O3S. The van der Waals surface area contributed by atoms with Crippen molar-refractivity contribution in [1.29, 1.82) is 0 Å². The van der Waals surface area contributed by atoms with Crippen molar-refractivity contribution in [3.05, 3.63) is 87.3 Å². The third-order valence-electron chi connectivity index (χ3n) is 5.99. The molecule has 5 rings (SSSR count). The molecule has 3 aromatic carbocycles. The van der Waals surface area contributed by atoms with E-state index in [1.54, 1.807) is 0 Å². The number of aromatic nitrogens is 2. The van der Waals surface area contributed by atoms with Crippen LogP contribution in [0.4, 0.5) is 11.4 Å². The molecule has 8 nitrogen and oxygen atoms in total. The van der Waals surface area contributed by atoms with Crippen molar-refractivity contribution in [2.45, 2.75) is 5.22 Å². The minimum atomic E-state index is -0.163. The van der Waals surface area contributed by atoms with Gasteiger partial charge in [0.15, 0.2) is 0 Å². The number of nitrogens with one attached hydrogen (secondary N) is 1. The van der Waals surface area contributed by atoms with Crippen molar-refractivity contribution >= 4 is 66.8 Å². The molecule has 1 aliphatic heterocycles. The van der Waals surface area contributed by atoms with Crippen molar-refractivity contribution in [2.24, 2.45) is 0 Å². The van der Waals surface area contributed by atoms with Gasteiger partial charge in [0.1, 0.15) is 0 Å². The minimum absolute atomic E-state index is 0.0398. The molecule has 0 aliphatic carbocycles. The second-order valence-electron chi connectivity index (χ2n) is 8.53. The lowest BCUT2D eigenvalue weighted by molar-refractivity contribution is -0.113. The summed E-state index contributed by atoms with van der Waals surface area (Å²) in [6.45, 7) is 2.78. The number of nitrogens with zero attached hydrogens (tertiary/aromatic N) is 4. The number of carbonyl (C=O) groups excluding carboxylic acids is 2. The van der Waals surface area contributed by atoms with Crippen LogP contribution in [0.1, 0.15) is 10.4 Å². The monoisotopic (exact) mass is 655 g/mol. The Kier molecular flexibility index (Phi) is 8.45. The van der Waals surface area contributed by atoms with Gasteiger partial charge in [-0.05, 0) is 70.5 Å². The third-order valence-corrected chi connectivity index (χ3v) is 8.00. The summed E-state index contributed by atoms with van der Waals surface area (Å²) in [6.07, 6.45) is 0. The lowest BCUT2D eigenvalue weighted by atomic mass is 10.1. The van der Waals surface area contributed by atoms with Gasteiger partial charge in [-0.15, -0.1) is 10.2 Å². The van der Waals surface area contributed by atoms with Crippen LogP contribution in [0.25, 0.3) is 11.5 Å². The molecule has 38 heavy (non-hydrogen) atoms. The second kappa shape index (κ2) is 12.1. The fraction of sp³-hybridized carbons (Fsp3) is 0.185. The van der Waals surface area contributed by atoms with E-state index in [-0.39, 0.29) is 17.6 Å². The van der Waals surface area contributed by atoms with Gasteiger partial charge in [0.05, 0.1) is 11.3 Å². The molecular weight excluding hydrogens is 634 g/mol. The van der Waals surface area contributed by atoms with Crippen LogP contribution < -0.4 is 10.2 Å². The van der Waals surface area contributed by atoms with Gasteiger partial charge in [-0.3, -0.25) is 9.59 Å². The van der Waals surface area contributed by atoms with E-state index in [2.05, 4.69) is 52.3 Å². The molecule has 2 heterocycles. The predicted molar refractivity (Wildman–Crippen MR) is 155 cm³/mol. The number of carbonyl (C=O) groups is 2. The van der Waals surface area contributed by atoms with E-state index in [0.29, 0.717) is 35.5 Å². The van der Waals surface area contributed by atoms with E-state index in [4.69, 9.17) is 4.42 Å². The molecule has 11 heteroatoms. The van der Waals surface area contributed by atoms with Crippen LogP contribution in [-0.2, 0) is 4.79 Å². The zero-order chi connectivity index (χ0) is 26.5. The number of hydrogen-bond donors (Lipinski definition) is 1. The number of hydrogen-bond acceptors (Lipinski definition) is 7.